The lowest BCUT2D eigenvalue weighted by Crippen LogP contribution is -2.72. The fourth-order valence-corrected chi connectivity index (χ4v) is 10.3. The maximum absolute atomic E-state index is 14.2. The monoisotopic (exact) mass is 562 g/mol. The van der Waals surface area contributed by atoms with Crippen molar-refractivity contribution in [3.05, 3.63) is 11.6 Å². The molecule has 0 bridgehead atoms. The molecule has 0 aromatic heterocycles. The van der Waals surface area contributed by atoms with Crippen LogP contribution in [-0.4, -0.2) is 95.4 Å². The second kappa shape index (κ2) is 9.05. The van der Waals surface area contributed by atoms with Crippen molar-refractivity contribution in [2.45, 2.75) is 114 Å². The summed E-state index contributed by atoms with van der Waals surface area (Å²) < 4.78 is 29.6. The molecule has 2 saturated heterocycles. The van der Waals surface area contributed by atoms with Crippen LogP contribution in [-0.2, 0) is 33.3 Å². The zero-order valence-corrected chi connectivity index (χ0v) is 23.7. The highest BCUT2D eigenvalue weighted by Gasteiger charge is 2.81. The zero-order chi connectivity index (χ0) is 28.4. The lowest BCUT2D eigenvalue weighted by atomic mass is 9.42. The van der Waals surface area contributed by atoms with Crippen LogP contribution in [0.5, 0.6) is 0 Å². The van der Waals surface area contributed by atoms with Crippen molar-refractivity contribution in [2.75, 3.05) is 13.7 Å². The first kappa shape index (κ1) is 27.4. The van der Waals surface area contributed by atoms with Crippen molar-refractivity contribution in [3.63, 3.8) is 0 Å². The van der Waals surface area contributed by atoms with Crippen molar-refractivity contribution < 1.29 is 48.6 Å². The third-order valence-electron chi connectivity index (χ3n) is 12.4. The molecule has 222 valence electrons. The van der Waals surface area contributed by atoms with Crippen molar-refractivity contribution in [1.82, 2.24) is 0 Å². The molecule has 3 N–H and O–H groups in total. The fourth-order valence-electron chi connectivity index (χ4n) is 10.3. The van der Waals surface area contributed by atoms with E-state index < -0.39 is 59.5 Å². The molecule has 0 radical (unpaired) electrons. The van der Waals surface area contributed by atoms with Gasteiger partial charge in [-0.05, 0) is 62.9 Å². The van der Waals surface area contributed by atoms with Crippen LogP contribution in [0.25, 0.3) is 0 Å². The highest BCUT2D eigenvalue weighted by molar-refractivity contribution is 5.94. The molecule has 4 aliphatic carbocycles. The van der Waals surface area contributed by atoms with Gasteiger partial charge in [-0.25, -0.2) is 4.79 Å². The van der Waals surface area contributed by atoms with E-state index in [0.29, 0.717) is 18.4 Å². The minimum atomic E-state index is -1.42. The number of aliphatic hydroxyl groups excluding tert-OH is 2. The Morgan fingerprint density at radius 3 is 2.52 bits per heavy atom. The summed E-state index contributed by atoms with van der Waals surface area (Å²) in [5.41, 5.74) is -2.34. The highest BCUT2D eigenvalue weighted by Crippen LogP contribution is 2.72. The maximum Gasteiger partial charge on any atom is 0.331 e. The van der Waals surface area contributed by atoms with Crippen molar-refractivity contribution in [3.8, 4) is 0 Å². The van der Waals surface area contributed by atoms with Gasteiger partial charge in [0.05, 0.1) is 35.9 Å². The first-order valence-corrected chi connectivity index (χ1v) is 14.9. The van der Waals surface area contributed by atoms with Crippen LogP contribution in [0.2, 0.25) is 0 Å². The molecule has 6 fully saturated rings. The van der Waals surface area contributed by atoms with E-state index in [-0.39, 0.29) is 48.0 Å². The van der Waals surface area contributed by atoms with Crippen LogP contribution >= 0.6 is 0 Å². The van der Waals surface area contributed by atoms with Crippen LogP contribution in [0, 0.1) is 34.5 Å². The zero-order valence-electron chi connectivity index (χ0n) is 23.7. The van der Waals surface area contributed by atoms with Gasteiger partial charge in [-0.3, -0.25) is 4.79 Å². The van der Waals surface area contributed by atoms with Crippen LogP contribution in [0.3, 0.4) is 0 Å². The summed E-state index contributed by atoms with van der Waals surface area (Å²) in [6.45, 7) is 5.86. The molecule has 7 aliphatic rings. The van der Waals surface area contributed by atoms with Gasteiger partial charge in [-0.1, -0.05) is 6.92 Å². The normalized spacial score (nSPS) is 56.9. The Morgan fingerprint density at radius 1 is 1.05 bits per heavy atom. The topological polar surface area (TPSA) is 141 Å². The molecule has 0 amide bonds. The van der Waals surface area contributed by atoms with Gasteiger partial charge >= 0.3 is 5.97 Å². The number of hydrogen-bond acceptors (Lipinski definition) is 10. The number of hydrogen-bond donors (Lipinski definition) is 3. The smallest absolute Gasteiger partial charge is 0.331 e. The second-order valence-electron chi connectivity index (χ2n) is 13.9. The van der Waals surface area contributed by atoms with E-state index in [9.17, 15) is 24.9 Å². The molecule has 7 rings (SSSR count). The molecule has 0 aromatic carbocycles. The number of carbonyl (C=O) groups is 2. The van der Waals surface area contributed by atoms with E-state index in [0.717, 1.165) is 25.7 Å². The fraction of sp³-hybridized carbons (Fsp3) is 0.867. The molecule has 40 heavy (non-hydrogen) atoms. The van der Waals surface area contributed by atoms with E-state index in [2.05, 4.69) is 6.92 Å². The predicted molar refractivity (Wildman–Crippen MR) is 138 cm³/mol. The summed E-state index contributed by atoms with van der Waals surface area (Å²) in [5.74, 6) is -1.86. The highest BCUT2D eigenvalue weighted by atomic mass is 16.7. The quantitative estimate of drug-likeness (QED) is 0.339. The number of aliphatic hydroxyl groups is 3. The summed E-state index contributed by atoms with van der Waals surface area (Å²) in [5, 5.41) is 34.6. The molecule has 10 nitrogen and oxygen atoms in total. The average Bonchev–Trinajstić information content (AvgIpc) is 3.53. The van der Waals surface area contributed by atoms with E-state index >= 15 is 0 Å². The van der Waals surface area contributed by atoms with Crippen molar-refractivity contribution in [1.29, 1.82) is 0 Å². The van der Waals surface area contributed by atoms with Crippen LogP contribution in [0.4, 0.5) is 0 Å². The minimum Gasteiger partial charge on any atom is -0.458 e. The molecule has 0 unspecified atom stereocenters. The molecule has 3 heterocycles. The largest absolute Gasteiger partial charge is 0.458 e. The molecule has 3 aliphatic heterocycles. The second-order valence-corrected chi connectivity index (χ2v) is 13.9. The summed E-state index contributed by atoms with van der Waals surface area (Å²) in [6, 6.07) is 0. The Kier molecular flexibility index (Phi) is 6.21. The average molecular weight is 563 g/mol. The van der Waals surface area contributed by atoms with E-state index in [1.165, 1.54) is 6.08 Å². The van der Waals surface area contributed by atoms with E-state index in [1.54, 1.807) is 14.0 Å². The first-order chi connectivity index (χ1) is 18.9. The van der Waals surface area contributed by atoms with E-state index in [1.807, 2.05) is 6.92 Å². The first-order valence-electron chi connectivity index (χ1n) is 14.9. The SMILES string of the molecule is CO[C@H]1C[C@@H](O[C@H]2CC[C@@]3(C)[C@H](C2)C[C@H]2O[C@H]4C[C@@H](C5=CC(=O)OC5)[C@@]5(C)C(=O)[C@H](O)[C@@H]3[C@H]2[C@@]45O)O[C@H](C)[C@@H]1O. The standard InChI is InChI=1S/C30H42O10/c1-13-25(32)19(36-4)11-22(38-13)39-16-5-6-28(2)15(8-16)9-18-23-24(28)26(33)27(34)29(3)17(14-7-21(31)37-12-14)10-20(40-18)30(23,29)35/h7,13,15-20,22-26,32-33,35H,5-6,8-12H2,1-4H3/t13-,15-,16+,17+,18-,19+,20+,22-,23+,24+,25+,26-,28+,29+,30+/m1/s1. The summed E-state index contributed by atoms with van der Waals surface area (Å²) in [4.78, 5) is 26.0. The molecule has 10 heteroatoms. The molecular weight excluding hydrogens is 520 g/mol. The Labute approximate surface area is 234 Å². The van der Waals surface area contributed by atoms with Gasteiger partial charge in [-0.2, -0.15) is 0 Å². The number of methoxy groups -OCH3 is 1. The van der Waals surface area contributed by atoms with Crippen LogP contribution in [0.1, 0.15) is 59.3 Å². The third-order valence-corrected chi connectivity index (χ3v) is 12.4. The molecule has 15 atom stereocenters. The number of ketones is 1. The number of carbonyl (C=O) groups excluding carboxylic acids is 2. The van der Waals surface area contributed by atoms with Gasteiger partial charge in [0.2, 0.25) is 0 Å². The third kappa shape index (κ3) is 3.41. The summed E-state index contributed by atoms with van der Waals surface area (Å²) in [6.07, 6.45) is 1.23. The number of fused-ring (bicyclic) bond motifs is 2. The lowest BCUT2D eigenvalue weighted by molar-refractivity contribution is -0.274. The Morgan fingerprint density at radius 2 is 1.82 bits per heavy atom. The Bertz CT molecular complexity index is 1120. The minimum absolute atomic E-state index is 0.0681. The van der Waals surface area contributed by atoms with Crippen LogP contribution in [0.15, 0.2) is 11.6 Å². The number of ether oxygens (including phenoxy) is 5. The number of Topliss-reactive ketones (excluding diaryl/α,β-unsaturated/α-hetero) is 1. The maximum atomic E-state index is 14.2. The summed E-state index contributed by atoms with van der Waals surface area (Å²) in [7, 11) is 1.58. The van der Waals surface area contributed by atoms with Crippen molar-refractivity contribution >= 4 is 11.8 Å². The van der Waals surface area contributed by atoms with Gasteiger partial charge in [0.25, 0.3) is 0 Å². The van der Waals surface area contributed by atoms with Crippen molar-refractivity contribution in [2.24, 2.45) is 34.5 Å². The van der Waals surface area contributed by atoms with Gasteiger partial charge in [-0.15, -0.1) is 0 Å². The molecular formula is C30H42O10. The van der Waals surface area contributed by atoms with Gasteiger partial charge in [0, 0.05) is 37.4 Å². The predicted octanol–water partition coefficient (Wildman–Crippen LogP) is 1.28. The Hall–Kier alpha value is -1.40. The number of rotatable bonds is 4. The van der Waals surface area contributed by atoms with Gasteiger partial charge in [0.1, 0.15) is 24.4 Å². The summed E-state index contributed by atoms with van der Waals surface area (Å²) >= 11 is 0. The number of esters is 1. The van der Waals surface area contributed by atoms with E-state index in [4.69, 9.17) is 23.7 Å². The lowest BCUT2D eigenvalue weighted by Gasteiger charge is -2.63. The van der Waals surface area contributed by atoms with Gasteiger partial charge in [0.15, 0.2) is 12.1 Å². The van der Waals surface area contributed by atoms with Gasteiger partial charge < -0.3 is 39.0 Å². The number of cyclic esters (lactones) is 1. The molecule has 0 spiro atoms. The Balaban J connectivity index is 1.15. The molecule has 4 saturated carbocycles. The van der Waals surface area contributed by atoms with Crippen LogP contribution < -0.4 is 0 Å². The molecule has 0 aromatic rings.